The maximum absolute atomic E-state index is 10.4. The van der Waals surface area contributed by atoms with Gasteiger partial charge in [-0.05, 0) is 43.9 Å². The third-order valence-electron chi connectivity index (χ3n) is 4.21. The summed E-state index contributed by atoms with van der Waals surface area (Å²) in [6, 6.07) is 0. The third-order valence-corrected chi connectivity index (χ3v) is 4.21. The van der Waals surface area contributed by atoms with Crippen molar-refractivity contribution in [2.75, 3.05) is 0 Å². The summed E-state index contributed by atoms with van der Waals surface area (Å²) in [5.41, 5.74) is 0. The van der Waals surface area contributed by atoms with Crippen LogP contribution < -0.4 is 0 Å². The smallest absolute Gasteiger partial charge is 0.0593 e. The summed E-state index contributed by atoms with van der Waals surface area (Å²) in [6.07, 6.45) is 8.68. The van der Waals surface area contributed by atoms with E-state index in [4.69, 9.17) is 0 Å². The van der Waals surface area contributed by atoms with Crippen molar-refractivity contribution in [3.8, 4) is 0 Å². The molecule has 2 N–H and O–H groups in total. The van der Waals surface area contributed by atoms with Crippen molar-refractivity contribution in [2.45, 2.75) is 97.7 Å². The normalized spacial score (nSPS) is 15.2. The monoisotopic (exact) mass is 272 g/mol. The van der Waals surface area contributed by atoms with Gasteiger partial charge in [-0.3, -0.25) is 0 Å². The molecule has 116 valence electrons. The molecule has 0 aliphatic carbocycles. The topological polar surface area (TPSA) is 40.5 Å². The molecule has 0 saturated heterocycles. The molecule has 0 radical (unpaired) electrons. The molecule has 2 heteroatoms. The van der Waals surface area contributed by atoms with E-state index in [1.165, 1.54) is 0 Å². The van der Waals surface area contributed by atoms with E-state index in [0.29, 0.717) is 18.3 Å². The lowest BCUT2D eigenvalue weighted by molar-refractivity contribution is 0.00870. The van der Waals surface area contributed by atoms with Crippen LogP contribution in [0, 0.1) is 11.8 Å². The van der Waals surface area contributed by atoms with Gasteiger partial charge in [0.2, 0.25) is 0 Å². The Labute approximate surface area is 120 Å². The van der Waals surface area contributed by atoms with Crippen molar-refractivity contribution in [1.82, 2.24) is 0 Å². The van der Waals surface area contributed by atoms with Crippen LogP contribution in [0.15, 0.2) is 0 Å². The number of hydrogen-bond acceptors (Lipinski definition) is 2. The molecular weight excluding hydrogens is 236 g/mol. The zero-order chi connectivity index (χ0) is 14.7. The van der Waals surface area contributed by atoms with Gasteiger partial charge in [0, 0.05) is 0 Å². The van der Waals surface area contributed by atoms with Crippen LogP contribution >= 0.6 is 0 Å². The van der Waals surface area contributed by atoms with Gasteiger partial charge in [-0.1, -0.05) is 53.4 Å². The standard InChI is InChI=1S/C17H36O2/c1-5-9-14(10-6-2)16(18)13-17(19)15(11-7-3)12-8-4/h14-19H,5-13H2,1-4H3. The SMILES string of the molecule is CCCC(CCC)C(O)CC(O)C(CCC)CCC. The highest BCUT2D eigenvalue weighted by Gasteiger charge is 2.25. The zero-order valence-corrected chi connectivity index (χ0v) is 13.6. The molecule has 19 heavy (non-hydrogen) atoms. The fraction of sp³-hybridized carbons (Fsp3) is 1.00. The predicted octanol–water partition coefficient (Wildman–Crippen LogP) is 4.53. The Balaban J connectivity index is 4.34. The van der Waals surface area contributed by atoms with Gasteiger partial charge < -0.3 is 10.2 Å². The minimum Gasteiger partial charge on any atom is -0.393 e. The number of hydrogen-bond donors (Lipinski definition) is 2. The third kappa shape index (κ3) is 7.94. The molecule has 0 amide bonds. The van der Waals surface area contributed by atoms with Gasteiger partial charge in [-0.25, -0.2) is 0 Å². The van der Waals surface area contributed by atoms with E-state index in [1.807, 2.05) is 0 Å². The Hall–Kier alpha value is -0.0800. The molecule has 0 aliphatic rings. The van der Waals surface area contributed by atoms with Gasteiger partial charge >= 0.3 is 0 Å². The number of aliphatic hydroxyl groups excluding tert-OH is 2. The fourth-order valence-electron chi connectivity index (χ4n) is 3.17. The molecule has 0 rings (SSSR count). The van der Waals surface area contributed by atoms with Crippen LogP contribution in [0.1, 0.15) is 85.5 Å². The van der Waals surface area contributed by atoms with Crippen LogP contribution in [0.2, 0.25) is 0 Å². The van der Waals surface area contributed by atoms with Crippen molar-refractivity contribution in [3.63, 3.8) is 0 Å². The number of rotatable bonds is 12. The van der Waals surface area contributed by atoms with Gasteiger partial charge in [0.25, 0.3) is 0 Å². The van der Waals surface area contributed by atoms with Crippen molar-refractivity contribution in [1.29, 1.82) is 0 Å². The predicted molar refractivity (Wildman–Crippen MR) is 83.2 cm³/mol. The fourth-order valence-corrected chi connectivity index (χ4v) is 3.17. The molecule has 2 unspecified atom stereocenters. The second kappa shape index (κ2) is 11.7. The summed E-state index contributed by atoms with van der Waals surface area (Å²) in [6.45, 7) is 8.68. The van der Waals surface area contributed by atoms with Crippen molar-refractivity contribution < 1.29 is 10.2 Å². The first kappa shape index (κ1) is 18.9. The van der Waals surface area contributed by atoms with Crippen molar-refractivity contribution in [2.24, 2.45) is 11.8 Å². The first-order chi connectivity index (χ1) is 9.10. The second-order valence-corrected chi connectivity index (χ2v) is 6.05. The summed E-state index contributed by atoms with van der Waals surface area (Å²) in [5.74, 6) is 0.738. The van der Waals surface area contributed by atoms with Crippen molar-refractivity contribution in [3.05, 3.63) is 0 Å². The summed E-state index contributed by atoms with van der Waals surface area (Å²) >= 11 is 0. The molecule has 0 fully saturated rings. The Bertz CT molecular complexity index is 162. The van der Waals surface area contributed by atoms with E-state index in [-0.39, 0.29) is 12.2 Å². The van der Waals surface area contributed by atoms with Crippen LogP contribution in [0.4, 0.5) is 0 Å². The van der Waals surface area contributed by atoms with Gasteiger partial charge in [0.15, 0.2) is 0 Å². The minimum atomic E-state index is -0.328. The van der Waals surface area contributed by atoms with E-state index in [9.17, 15) is 10.2 Å². The zero-order valence-electron chi connectivity index (χ0n) is 13.6. The average molecular weight is 272 g/mol. The summed E-state index contributed by atoms with van der Waals surface area (Å²) in [4.78, 5) is 0. The van der Waals surface area contributed by atoms with E-state index < -0.39 is 0 Å². The molecule has 2 atom stereocenters. The van der Waals surface area contributed by atoms with E-state index >= 15 is 0 Å². The van der Waals surface area contributed by atoms with Crippen LogP contribution in [-0.4, -0.2) is 22.4 Å². The van der Waals surface area contributed by atoms with Crippen LogP contribution in [0.3, 0.4) is 0 Å². The molecule has 0 bridgehead atoms. The van der Waals surface area contributed by atoms with Crippen LogP contribution in [0.5, 0.6) is 0 Å². The summed E-state index contributed by atoms with van der Waals surface area (Å²) in [7, 11) is 0. The Morgan fingerprint density at radius 2 is 0.842 bits per heavy atom. The van der Waals surface area contributed by atoms with Crippen molar-refractivity contribution >= 4 is 0 Å². The maximum Gasteiger partial charge on any atom is 0.0593 e. The maximum atomic E-state index is 10.4. The van der Waals surface area contributed by atoms with Gasteiger partial charge in [0.1, 0.15) is 0 Å². The summed E-state index contributed by atoms with van der Waals surface area (Å²) in [5, 5.41) is 20.7. The average Bonchev–Trinajstić information content (AvgIpc) is 2.38. The molecule has 0 aromatic carbocycles. The van der Waals surface area contributed by atoms with Crippen LogP contribution in [0.25, 0.3) is 0 Å². The Kier molecular flexibility index (Phi) is 11.7. The highest BCUT2D eigenvalue weighted by atomic mass is 16.3. The lowest BCUT2D eigenvalue weighted by atomic mass is 9.84. The highest BCUT2D eigenvalue weighted by Crippen LogP contribution is 2.26. The molecule has 2 nitrogen and oxygen atoms in total. The molecule has 0 heterocycles. The minimum absolute atomic E-state index is 0.328. The van der Waals surface area contributed by atoms with E-state index in [2.05, 4.69) is 27.7 Å². The molecule has 0 aromatic rings. The van der Waals surface area contributed by atoms with Gasteiger partial charge in [-0.15, -0.1) is 0 Å². The first-order valence-corrected chi connectivity index (χ1v) is 8.46. The quantitative estimate of drug-likeness (QED) is 0.548. The Morgan fingerprint density at radius 3 is 1.05 bits per heavy atom. The van der Waals surface area contributed by atoms with E-state index in [0.717, 1.165) is 51.4 Å². The molecular formula is C17H36O2. The van der Waals surface area contributed by atoms with Gasteiger partial charge in [-0.2, -0.15) is 0 Å². The first-order valence-electron chi connectivity index (χ1n) is 8.46. The lowest BCUT2D eigenvalue weighted by Gasteiger charge is -2.28. The van der Waals surface area contributed by atoms with Gasteiger partial charge in [0.05, 0.1) is 12.2 Å². The van der Waals surface area contributed by atoms with Crippen LogP contribution in [-0.2, 0) is 0 Å². The Morgan fingerprint density at radius 1 is 0.579 bits per heavy atom. The summed E-state index contributed by atoms with van der Waals surface area (Å²) < 4.78 is 0. The largest absolute Gasteiger partial charge is 0.393 e. The van der Waals surface area contributed by atoms with E-state index in [1.54, 1.807) is 0 Å². The molecule has 0 saturated carbocycles. The molecule has 0 aliphatic heterocycles. The highest BCUT2D eigenvalue weighted by molar-refractivity contribution is 4.76. The molecule has 0 aromatic heterocycles. The lowest BCUT2D eigenvalue weighted by Crippen LogP contribution is -2.30. The molecule has 0 spiro atoms. The number of aliphatic hydroxyl groups is 2. The second-order valence-electron chi connectivity index (χ2n) is 6.05.